The van der Waals surface area contributed by atoms with Crippen LogP contribution in [0.4, 0.5) is 11.4 Å². The van der Waals surface area contributed by atoms with Crippen molar-refractivity contribution in [2.75, 3.05) is 5.32 Å². The summed E-state index contributed by atoms with van der Waals surface area (Å²) in [6.07, 6.45) is 1.93. The third-order valence-corrected chi connectivity index (χ3v) is 8.34. The quantitative estimate of drug-likeness (QED) is 0.190. The minimum Gasteiger partial charge on any atom is -0.354 e. The van der Waals surface area contributed by atoms with Gasteiger partial charge in [-0.15, -0.1) is 0 Å². The molecule has 6 rings (SSSR count). The molecule has 2 heterocycles. The van der Waals surface area contributed by atoms with Gasteiger partial charge in [0, 0.05) is 31.4 Å². The van der Waals surface area contributed by atoms with E-state index in [1.807, 2.05) is 18.2 Å². The number of benzene rings is 4. The van der Waals surface area contributed by atoms with Gasteiger partial charge in [0.2, 0.25) is 0 Å². The molecule has 7 heteroatoms. The summed E-state index contributed by atoms with van der Waals surface area (Å²) in [5, 5.41) is 8.39. The van der Waals surface area contributed by atoms with Crippen LogP contribution in [0, 0.1) is 0 Å². The number of piperidine rings is 1. The van der Waals surface area contributed by atoms with Crippen LogP contribution in [0.3, 0.4) is 0 Å². The van der Waals surface area contributed by atoms with E-state index in [0.29, 0.717) is 0 Å². The largest absolute Gasteiger partial charge is 0.354 e. The smallest absolute Gasteiger partial charge is 0.0900 e. The molecule has 2 aliphatic heterocycles. The van der Waals surface area contributed by atoms with Gasteiger partial charge in [0.25, 0.3) is 0 Å². The van der Waals surface area contributed by atoms with Crippen molar-refractivity contribution in [3.05, 3.63) is 99.2 Å². The second kappa shape index (κ2) is 10.4. The Hall–Kier alpha value is -3.00. The number of rotatable bonds is 4. The summed E-state index contributed by atoms with van der Waals surface area (Å²) < 4.78 is 4.35. The van der Waals surface area contributed by atoms with Crippen molar-refractivity contribution in [1.29, 1.82) is 0 Å². The molecule has 0 atom stereocenters. The van der Waals surface area contributed by atoms with E-state index in [-0.39, 0.29) is 17.1 Å². The van der Waals surface area contributed by atoms with Gasteiger partial charge in [0.1, 0.15) is 0 Å². The molecule has 204 valence electrons. The number of aromatic nitrogens is 2. The zero-order valence-electron chi connectivity index (χ0n) is 23.2. The summed E-state index contributed by atoms with van der Waals surface area (Å²) in [6.45, 7) is 9.09. The fourth-order valence-electron chi connectivity index (χ4n) is 6.22. The lowest BCUT2D eigenvalue weighted by molar-refractivity contribution is 0.163. The number of nitrogens with zero attached hydrogens (tertiary/aromatic N) is 3. The van der Waals surface area contributed by atoms with Crippen LogP contribution in [0.2, 0.25) is 0 Å². The zero-order chi connectivity index (χ0) is 28.1. The minimum atomic E-state index is -0.00135. The highest BCUT2D eigenvalue weighted by atomic mass is 79.9. The summed E-state index contributed by atoms with van der Waals surface area (Å²) in [5.74, 6) is 0. The van der Waals surface area contributed by atoms with E-state index in [1.165, 1.54) is 0 Å². The van der Waals surface area contributed by atoms with Gasteiger partial charge >= 0.3 is 0 Å². The van der Waals surface area contributed by atoms with Crippen molar-refractivity contribution in [3.63, 3.8) is 0 Å². The molecule has 1 aliphatic carbocycles. The van der Waals surface area contributed by atoms with Crippen LogP contribution < -0.4 is 16.0 Å². The Bertz CT molecular complexity index is 1740. The Kier molecular flexibility index (Phi) is 7.09. The highest BCUT2D eigenvalue weighted by molar-refractivity contribution is 9.10. The number of fused-ring (bicyclic) bond motifs is 2. The van der Waals surface area contributed by atoms with Gasteiger partial charge in [-0.05, 0) is 101 Å². The van der Waals surface area contributed by atoms with Crippen molar-refractivity contribution in [2.45, 2.75) is 57.7 Å². The first-order valence-electron chi connectivity index (χ1n) is 13.6. The van der Waals surface area contributed by atoms with Crippen LogP contribution >= 0.6 is 31.9 Å². The summed E-state index contributed by atoms with van der Waals surface area (Å²) >= 11 is 7.29. The zero-order valence-corrected chi connectivity index (χ0v) is 26.3. The Morgan fingerprint density at radius 2 is 1.55 bits per heavy atom. The fraction of sp³-hybridized carbons (Fsp3) is 0.273. The van der Waals surface area contributed by atoms with E-state index in [9.17, 15) is 0 Å². The SMILES string of the molecule is CC1(C)CC(N=c2cc3n(-c4cccc(Br)c4)c4ccccc4nc-3cc2Nc2cccc(Br)c2)CC(C)(C)N1. The summed E-state index contributed by atoms with van der Waals surface area (Å²) in [7, 11) is 0. The number of hydrogen-bond acceptors (Lipinski definition) is 4. The maximum atomic E-state index is 5.45. The predicted molar refractivity (Wildman–Crippen MR) is 173 cm³/mol. The highest BCUT2D eigenvalue weighted by Crippen LogP contribution is 2.33. The molecule has 2 N–H and O–H groups in total. The number of nitrogens with one attached hydrogen (secondary N) is 2. The standard InChI is InChI=1S/C33H33Br2N5/c1-32(2)19-24(20-33(3,4)39-32)37-28-18-31-29(17-27(28)36-23-11-7-9-21(34)15-23)38-26-13-5-6-14-30(26)40(31)25-12-8-10-22(35)16-25/h5-18,24,36,39H,19-20H2,1-4H3. The molecule has 1 saturated heterocycles. The first-order valence-corrected chi connectivity index (χ1v) is 15.2. The van der Waals surface area contributed by atoms with Crippen molar-refractivity contribution in [3.8, 4) is 17.1 Å². The molecule has 0 amide bonds. The number of para-hydroxylation sites is 2. The molecule has 0 radical (unpaired) electrons. The van der Waals surface area contributed by atoms with Gasteiger partial charge in [0.05, 0.1) is 39.5 Å². The lowest BCUT2D eigenvalue weighted by Gasteiger charge is -2.45. The number of anilines is 2. The summed E-state index contributed by atoms with van der Waals surface area (Å²) in [4.78, 5) is 10.6. The van der Waals surface area contributed by atoms with Gasteiger partial charge in [0.15, 0.2) is 0 Å². The van der Waals surface area contributed by atoms with E-state index in [1.54, 1.807) is 0 Å². The molecular formula is C33H33Br2N5. The summed E-state index contributed by atoms with van der Waals surface area (Å²) in [5.41, 5.74) is 6.92. The van der Waals surface area contributed by atoms with Crippen LogP contribution in [0.1, 0.15) is 40.5 Å². The first-order chi connectivity index (χ1) is 19.1. The van der Waals surface area contributed by atoms with E-state index < -0.39 is 0 Å². The predicted octanol–water partition coefficient (Wildman–Crippen LogP) is 8.61. The average Bonchev–Trinajstić information content (AvgIpc) is 2.86. The van der Waals surface area contributed by atoms with Gasteiger partial charge in [-0.3, -0.25) is 4.99 Å². The maximum Gasteiger partial charge on any atom is 0.0900 e. The van der Waals surface area contributed by atoms with Gasteiger partial charge in [-0.25, -0.2) is 4.98 Å². The third-order valence-electron chi connectivity index (χ3n) is 7.36. The molecule has 1 fully saturated rings. The van der Waals surface area contributed by atoms with E-state index in [4.69, 9.17) is 9.98 Å². The highest BCUT2D eigenvalue weighted by Gasteiger charge is 2.37. The second-order valence-electron chi connectivity index (χ2n) is 12.0. The molecule has 0 saturated carbocycles. The second-order valence-corrected chi connectivity index (χ2v) is 13.8. The molecule has 40 heavy (non-hydrogen) atoms. The monoisotopic (exact) mass is 657 g/mol. The van der Waals surface area contributed by atoms with Crippen molar-refractivity contribution < 1.29 is 0 Å². The Morgan fingerprint density at radius 3 is 2.27 bits per heavy atom. The van der Waals surface area contributed by atoms with E-state index in [2.05, 4.69) is 141 Å². The van der Waals surface area contributed by atoms with Crippen molar-refractivity contribution in [2.24, 2.45) is 4.99 Å². The van der Waals surface area contributed by atoms with Crippen molar-refractivity contribution >= 4 is 54.3 Å². The van der Waals surface area contributed by atoms with Crippen LogP contribution in [0.5, 0.6) is 0 Å². The average molecular weight is 659 g/mol. The maximum absolute atomic E-state index is 5.45. The van der Waals surface area contributed by atoms with Crippen molar-refractivity contribution in [1.82, 2.24) is 14.9 Å². The lowest BCUT2D eigenvalue weighted by atomic mass is 9.80. The lowest BCUT2D eigenvalue weighted by Crippen LogP contribution is -2.59. The normalized spacial score (nSPS) is 17.4. The molecule has 3 aromatic rings. The van der Waals surface area contributed by atoms with Crippen LogP contribution in [0.25, 0.3) is 28.1 Å². The Balaban J connectivity index is 1.63. The Morgan fingerprint density at radius 1 is 0.850 bits per heavy atom. The minimum absolute atomic E-state index is 0.00135. The molecule has 3 aromatic carbocycles. The number of hydrogen-bond donors (Lipinski definition) is 2. The topological polar surface area (TPSA) is 54.2 Å². The molecular weight excluding hydrogens is 626 g/mol. The van der Waals surface area contributed by atoms with E-state index >= 15 is 0 Å². The van der Waals surface area contributed by atoms with Crippen LogP contribution in [-0.4, -0.2) is 26.7 Å². The Labute approximate surface area is 252 Å². The fourth-order valence-corrected chi connectivity index (χ4v) is 7.01. The molecule has 3 aliphatic rings. The molecule has 5 nitrogen and oxygen atoms in total. The van der Waals surface area contributed by atoms with Gasteiger partial charge in [-0.1, -0.05) is 56.1 Å². The third kappa shape index (κ3) is 5.73. The first kappa shape index (κ1) is 27.2. The number of halogens is 2. The van der Waals surface area contributed by atoms with Crippen LogP contribution in [-0.2, 0) is 0 Å². The molecule has 0 bridgehead atoms. The van der Waals surface area contributed by atoms with Crippen LogP contribution in [0.15, 0.2) is 98.9 Å². The van der Waals surface area contributed by atoms with E-state index in [0.717, 1.165) is 66.6 Å². The van der Waals surface area contributed by atoms with Gasteiger partial charge < -0.3 is 15.2 Å². The van der Waals surface area contributed by atoms with Gasteiger partial charge in [-0.2, -0.15) is 0 Å². The molecule has 0 unspecified atom stereocenters. The molecule has 0 spiro atoms. The summed E-state index contributed by atoms with van der Waals surface area (Å²) in [6, 6.07) is 29.5. The molecule has 0 aromatic heterocycles.